The van der Waals surface area contributed by atoms with Gasteiger partial charge >= 0.3 is 0 Å². The van der Waals surface area contributed by atoms with Crippen LogP contribution < -0.4 is 5.32 Å². The standard InChI is InChI=1S/C16H26N2O/c1-5-13-6-7-14(12-8-9-19-11-12)15(18-13)10-17-16(2,3)4/h6-7,12,17H,5,8-11H2,1-4H3. The SMILES string of the molecule is CCc1ccc(C2CCOC2)c(CNC(C)(C)C)n1. The van der Waals surface area contributed by atoms with Gasteiger partial charge in [0.2, 0.25) is 0 Å². The molecule has 3 nitrogen and oxygen atoms in total. The molecule has 0 radical (unpaired) electrons. The van der Waals surface area contributed by atoms with Crippen molar-refractivity contribution in [2.75, 3.05) is 13.2 Å². The molecule has 0 aromatic carbocycles. The molecule has 106 valence electrons. The fraction of sp³-hybridized carbons (Fsp3) is 0.688. The number of hydrogen-bond donors (Lipinski definition) is 1. The molecule has 0 saturated carbocycles. The molecule has 19 heavy (non-hydrogen) atoms. The van der Waals surface area contributed by atoms with E-state index in [4.69, 9.17) is 9.72 Å². The summed E-state index contributed by atoms with van der Waals surface area (Å²) in [5.74, 6) is 0.523. The van der Waals surface area contributed by atoms with Gasteiger partial charge in [-0.3, -0.25) is 4.98 Å². The van der Waals surface area contributed by atoms with Crippen molar-refractivity contribution in [2.45, 2.75) is 58.5 Å². The maximum atomic E-state index is 5.52. The number of aryl methyl sites for hydroxylation is 1. The number of hydrogen-bond acceptors (Lipinski definition) is 3. The van der Waals surface area contributed by atoms with E-state index in [0.717, 1.165) is 32.6 Å². The van der Waals surface area contributed by atoms with Crippen LogP contribution in [-0.2, 0) is 17.7 Å². The molecule has 2 rings (SSSR count). The first-order valence-electron chi connectivity index (χ1n) is 7.31. The van der Waals surface area contributed by atoms with E-state index in [1.807, 2.05) is 0 Å². The zero-order valence-corrected chi connectivity index (χ0v) is 12.6. The van der Waals surface area contributed by atoms with Crippen LogP contribution in [0.5, 0.6) is 0 Å². The number of ether oxygens (including phenoxy) is 1. The predicted octanol–water partition coefficient (Wildman–Crippen LogP) is 3.04. The summed E-state index contributed by atoms with van der Waals surface area (Å²) in [6, 6.07) is 4.42. The highest BCUT2D eigenvalue weighted by atomic mass is 16.5. The van der Waals surface area contributed by atoms with E-state index >= 15 is 0 Å². The van der Waals surface area contributed by atoms with Crippen molar-refractivity contribution < 1.29 is 4.74 Å². The normalized spacial score (nSPS) is 19.9. The van der Waals surface area contributed by atoms with E-state index in [2.05, 4.69) is 45.1 Å². The van der Waals surface area contributed by atoms with Crippen molar-refractivity contribution in [3.05, 3.63) is 29.1 Å². The Morgan fingerprint density at radius 3 is 2.74 bits per heavy atom. The second-order valence-corrected chi connectivity index (χ2v) is 6.36. The molecule has 0 bridgehead atoms. The minimum atomic E-state index is 0.118. The minimum Gasteiger partial charge on any atom is -0.381 e. The van der Waals surface area contributed by atoms with Gasteiger partial charge < -0.3 is 10.1 Å². The second kappa shape index (κ2) is 6.02. The lowest BCUT2D eigenvalue weighted by Crippen LogP contribution is -2.35. The Kier molecular flexibility index (Phi) is 4.58. The Morgan fingerprint density at radius 1 is 1.37 bits per heavy atom. The number of aromatic nitrogens is 1. The number of nitrogens with one attached hydrogen (secondary N) is 1. The van der Waals surface area contributed by atoms with Gasteiger partial charge in [0, 0.05) is 30.3 Å². The maximum absolute atomic E-state index is 5.52. The highest BCUT2D eigenvalue weighted by Crippen LogP contribution is 2.27. The Hall–Kier alpha value is -0.930. The van der Waals surface area contributed by atoms with Gasteiger partial charge in [-0.25, -0.2) is 0 Å². The summed E-state index contributed by atoms with van der Waals surface area (Å²) < 4.78 is 5.52. The Labute approximate surface area is 116 Å². The molecular formula is C16H26N2O. The van der Waals surface area contributed by atoms with Crippen LogP contribution in [0, 0.1) is 0 Å². The fourth-order valence-corrected chi connectivity index (χ4v) is 2.40. The molecular weight excluding hydrogens is 236 g/mol. The molecule has 0 amide bonds. The van der Waals surface area contributed by atoms with Gasteiger partial charge in [0.15, 0.2) is 0 Å². The van der Waals surface area contributed by atoms with Crippen LogP contribution >= 0.6 is 0 Å². The molecule has 1 atom stereocenters. The first kappa shape index (κ1) is 14.5. The number of nitrogens with zero attached hydrogens (tertiary/aromatic N) is 1. The van der Waals surface area contributed by atoms with E-state index in [1.54, 1.807) is 0 Å². The summed E-state index contributed by atoms with van der Waals surface area (Å²) >= 11 is 0. The van der Waals surface area contributed by atoms with Gasteiger partial charge in [-0.2, -0.15) is 0 Å². The largest absolute Gasteiger partial charge is 0.381 e. The Balaban J connectivity index is 2.20. The summed E-state index contributed by atoms with van der Waals surface area (Å²) in [6.45, 7) is 11.3. The summed E-state index contributed by atoms with van der Waals surface area (Å²) in [4.78, 5) is 4.82. The zero-order valence-electron chi connectivity index (χ0n) is 12.6. The highest BCUT2D eigenvalue weighted by Gasteiger charge is 2.22. The molecule has 1 N–H and O–H groups in total. The van der Waals surface area contributed by atoms with E-state index in [9.17, 15) is 0 Å². The molecule has 0 spiro atoms. The summed E-state index contributed by atoms with van der Waals surface area (Å²) in [5.41, 5.74) is 3.86. The third-order valence-electron chi connectivity index (χ3n) is 3.58. The van der Waals surface area contributed by atoms with E-state index in [-0.39, 0.29) is 5.54 Å². The third-order valence-corrected chi connectivity index (χ3v) is 3.58. The van der Waals surface area contributed by atoms with Gasteiger partial charge in [0.05, 0.1) is 12.3 Å². The maximum Gasteiger partial charge on any atom is 0.0580 e. The van der Waals surface area contributed by atoms with Crippen molar-refractivity contribution in [3.63, 3.8) is 0 Å². The summed E-state index contributed by atoms with van der Waals surface area (Å²) in [5, 5.41) is 3.55. The molecule has 1 aromatic heterocycles. The highest BCUT2D eigenvalue weighted by molar-refractivity contribution is 5.28. The van der Waals surface area contributed by atoms with Gasteiger partial charge in [0.1, 0.15) is 0 Å². The first-order valence-corrected chi connectivity index (χ1v) is 7.31. The number of rotatable bonds is 4. The van der Waals surface area contributed by atoms with Crippen LogP contribution in [0.4, 0.5) is 0 Å². The fourth-order valence-electron chi connectivity index (χ4n) is 2.40. The Bertz CT molecular complexity index is 417. The summed E-state index contributed by atoms with van der Waals surface area (Å²) in [6.07, 6.45) is 2.11. The monoisotopic (exact) mass is 262 g/mol. The summed E-state index contributed by atoms with van der Waals surface area (Å²) in [7, 11) is 0. The lowest BCUT2D eigenvalue weighted by Gasteiger charge is -2.22. The van der Waals surface area contributed by atoms with Gasteiger partial charge in [0.25, 0.3) is 0 Å². The zero-order chi connectivity index (χ0) is 13.9. The van der Waals surface area contributed by atoms with Crippen molar-refractivity contribution in [3.8, 4) is 0 Å². The van der Waals surface area contributed by atoms with Crippen molar-refractivity contribution in [1.82, 2.24) is 10.3 Å². The van der Waals surface area contributed by atoms with Crippen LogP contribution in [0.3, 0.4) is 0 Å². The van der Waals surface area contributed by atoms with Crippen LogP contribution in [-0.4, -0.2) is 23.7 Å². The quantitative estimate of drug-likeness (QED) is 0.905. The average Bonchev–Trinajstić information content (AvgIpc) is 2.88. The lowest BCUT2D eigenvalue weighted by molar-refractivity contribution is 0.193. The smallest absolute Gasteiger partial charge is 0.0580 e. The van der Waals surface area contributed by atoms with Crippen molar-refractivity contribution in [1.29, 1.82) is 0 Å². The van der Waals surface area contributed by atoms with E-state index in [0.29, 0.717) is 5.92 Å². The molecule has 0 aliphatic carbocycles. The predicted molar refractivity (Wildman–Crippen MR) is 78.4 cm³/mol. The van der Waals surface area contributed by atoms with E-state index < -0.39 is 0 Å². The molecule has 1 aliphatic heterocycles. The number of pyridine rings is 1. The molecule has 1 unspecified atom stereocenters. The van der Waals surface area contributed by atoms with Crippen LogP contribution in [0.15, 0.2) is 12.1 Å². The molecule has 3 heteroatoms. The molecule has 1 aromatic rings. The second-order valence-electron chi connectivity index (χ2n) is 6.36. The molecule has 2 heterocycles. The van der Waals surface area contributed by atoms with Crippen LogP contribution in [0.1, 0.15) is 57.0 Å². The van der Waals surface area contributed by atoms with Gasteiger partial charge in [-0.1, -0.05) is 13.0 Å². The van der Waals surface area contributed by atoms with Crippen LogP contribution in [0.2, 0.25) is 0 Å². The first-order chi connectivity index (χ1) is 8.99. The topological polar surface area (TPSA) is 34.1 Å². The molecule has 1 saturated heterocycles. The lowest BCUT2D eigenvalue weighted by atomic mass is 9.95. The van der Waals surface area contributed by atoms with E-state index in [1.165, 1.54) is 17.0 Å². The van der Waals surface area contributed by atoms with Crippen molar-refractivity contribution >= 4 is 0 Å². The molecule has 1 aliphatic rings. The van der Waals surface area contributed by atoms with Crippen LogP contribution in [0.25, 0.3) is 0 Å². The van der Waals surface area contributed by atoms with Gasteiger partial charge in [-0.15, -0.1) is 0 Å². The molecule has 1 fully saturated rings. The third kappa shape index (κ3) is 4.02. The average molecular weight is 262 g/mol. The van der Waals surface area contributed by atoms with Crippen molar-refractivity contribution in [2.24, 2.45) is 0 Å². The Morgan fingerprint density at radius 2 is 2.16 bits per heavy atom. The minimum absolute atomic E-state index is 0.118. The van der Waals surface area contributed by atoms with Gasteiger partial charge in [-0.05, 0) is 45.2 Å².